The third-order valence-electron chi connectivity index (χ3n) is 2.17. The summed E-state index contributed by atoms with van der Waals surface area (Å²) in [6, 6.07) is 1.25. The van der Waals surface area contributed by atoms with E-state index in [1.54, 1.807) is 0 Å². The first-order valence-electron chi connectivity index (χ1n) is 4.66. The molecule has 1 fully saturated rings. The smallest absolute Gasteiger partial charge is 0.265 e. The van der Waals surface area contributed by atoms with Gasteiger partial charge in [0.25, 0.3) is 10.0 Å². The van der Waals surface area contributed by atoms with Gasteiger partial charge in [-0.3, -0.25) is 9.78 Å². The number of nitrogens with one attached hydrogen (secondary N) is 1. The molecule has 0 aliphatic heterocycles. The van der Waals surface area contributed by atoms with Crippen molar-refractivity contribution in [3.05, 3.63) is 23.5 Å². The number of carbonyl (C=O) groups is 1. The molecule has 0 atom stereocenters. The van der Waals surface area contributed by atoms with Crippen LogP contribution in [0, 0.1) is 5.92 Å². The Kier molecular flexibility index (Phi) is 2.86. The highest BCUT2D eigenvalue weighted by molar-refractivity contribution is 7.90. The third-order valence-corrected chi connectivity index (χ3v) is 3.69. The first kappa shape index (κ1) is 11.3. The summed E-state index contributed by atoms with van der Waals surface area (Å²) in [5.41, 5.74) is 0. The van der Waals surface area contributed by atoms with Crippen LogP contribution in [-0.2, 0) is 14.8 Å². The lowest BCUT2D eigenvalue weighted by Gasteiger charge is -2.05. The average molecular weight is 261 g/mol. The molecule has 0 spiro atoms. The van der Waals surface area contributed by atoms with Crippen LogP contribution < -0.4 is 4.72 Å². The summed E-state index contributed by atoms with van der Waals surface area (Å²) in [6.07, 6.45) is 3.96. The molecule has 2 rings (SSSR count). The largest absolute Gasteiger partial charge is 0.274 e. The van der Waals surface area contributed by atoms with Crippen LogP contribution in [0.4, 0.5) is 0 Å². The minimum Gasteiger partial charge on any atom is -0.274 e. The molecule has 0 aromatic carbocycles. The zero-order valence-electron chi connectivity index (χ0n) is 8.18. The number of amides is 1. The summed E-state index contributed by atoms with van der Waals surface area (Å²) in [5, 5.41) is 0.210. The van der Waals surface area contributed by atoms with Crippen molar-refractivity contribution in [1.29, 1.82) is 0 Å². The Balaban J connectivity index is 2.21. The van der Waals surface area contributed by atoms with Crippen LogP contribution in [0.25, 0.3) is 0 Å². The monoisotopic (exact) mass is 260 g/mol. The van der Waals surface area contributed by atoms with Gasteiger partial charge in [-0.05, 0) is 18.9 Å². The van der Waals surface area contributed by atoms with Crippen LogP contribution in [0.1, 0.15) is 12.8 Å². The van der Waals surface area contributed by atoms with Gasteiger partial charge in [-0.2, -0.15) is 0 Å². The van der Waals surface area contributed by atoms with Crippen molar-refractivity contribution in [1.82, 2.24) is 9.71 Å². The molecule has 16 heavy (non-hydrogen) atoms. The SMILES string of the molecule is O=C(NS(=O)(=O)c1cncc(Cl)c1)C1CC1. The van der Waals surface area contributed by atoms with E-state index in [0.717, 1.165) is 19.0 Å². The number of aromatic nitrogens is 1. The molecule has 0 bridgehead atoms. The van der Waals surface area contributed by atoms with Crippen molar-refractivity contribution in [2.45, 2.75) is 17.7 Å². The summed E-state index contributed by atoms with van der Waals surface area (Å²) in [6.45, 7) is 0. The van der Waals surface area contributed by atoms with Gasteiger partial charge < -0.3 is 0 Å². The summed E-state index contributed by atoms with van der Waals surface area (Å²) in [5.74, 6) is -0.623. The summed E-state index contributed by atoms with van der Waals surface area (Å²) >= 11 is 5.62. The van der Waals surface area contributed by atoms with Gasteiger partial charge in [-0.15, -0.1) is 0 Å². The van der Waals surface area contributed by atoms with Gasteiger partial charge in [0.1, 0.15) is 4.90 Å². The second-order valence-corrected chi connectivity index (χ2v) is 5.70. The highest BCUT2D eigenvalue weighted by Crippen LogP contribution is 2.29. The fraction of sp³-hybridized carbons (Fsp3) is 0.333. The Labute approximate surface area is 97.9 Å². The van der Waals surface area contributed by atoms with Crippen molar-refractivity contribution in [2.24, 2.45) is 5.92 Å². The van der Waals surface area contributed by atoms with E-state index >= 15 is 0 Å². The summed E-state index contributed by atoms with van der Waals surface area (Å²) in [4.78, 5) is 14.9. The molecule has 1 saturated carbocycles. The maximum Gasteiger partial charge on any atom is 0.265 e. The summed E-state index contributed by atoms with van der Waals surface area (Å²) in [7, 11) is -3.83. The van der Waals surface area contributed by atoms with E-state index in [1.165, 1.54) is 12.3 Å². The normalized spacial score (nSPS) is 15.8. The fourth-order valence-electron chi connectivity index (χ4n) is 1.16. The fourth-order valence-corrected chi connectivity index (χ4v) is 2.43. The Morgan fingerprint density at radius 2 is 2.12 bits per heavy atom. The van der Waals surface area contributed by atoms with Gasteiger partial charge in [0.05, 0.1) is 5.02 Å². The van der Waals surface area contributed by atoms with Crippen LogP contribution in [0.3, 0.4) is 0 Å². The number of rotatable bonds is 3. The maximum atomic E-state index is 11.7. The van der Waals surface area contributed by atoms with Crippen molar-refractivity contribution < 1.29 is 13.2 Å². The molecule has 1 aliphatic rings. The number of carbonyl (C=O) groups excluding carboxylic acids is 1. The van der Waals surface area contributed by atoms with E-state index in [0.29, 0.717) is 0 Å². The molecule has 1 aromatic rings. The second kappa shape index (κ2) is 4.03. The molecule has 1 aromatic heterocycles. The minimum atomic E-state index is -3.83. The Hall–Kier alpha value is -1.14. The standard InChI is InChI=1S/C9H9ClN2O3S/c10-7-3-8(5-11-4-7)16(14,15)12-9(13)6-1-2-6/h3-6H,1-2H2,(H,12,13). The third kappa shape index (κ3) is 2.51. The number of hydrogen-bond acceptors (Lipinski definition) is 4. The number of pyridine rings is 1. The van der Waals surface area contributed by atoms with Gasteiger partial charge in [-0.25, -0.2) is 13.1 Å². The van der Waals surface area contributed by atoms with Crippen LogP contribution >= 0.6 is 11.6 Å². The Bertz CT molecular complexity index is 525. The Morgan fingerprint density at radius 1 is 1.44 bits per heavy atom. The van der Waals surface area contributed by atoms with Crippen LogP contribution in [-0.4, -0.2) is 19.3 Å². The molecule has 1 N–H and O–H groups in total. The van der Waals surface area contributed by atoms with E-state index in [4.69, 9.17) is 11.6 Å². The van der Waals surface area contributed by atoms with Crippen molar-refractivity contribution in [2.75, 3.05) is 0 Å². The van der Waals surface area contributed by atoms with Crippen molar-refractivity contribution in [3.8, 4) is 0 Å². The van der Waals surface area contributed by atoms with Crippen LogP contribution in [0.2, 0.25) is 5.02 Å². The molecule has 0 saturated heterocycles. The molecule has 1 amide bonds. The first-order chi connectivity index (χ1) is 7.49. The molecule has 86 valence electrons. The minimum absolute atomic E-state index is 0.103. The maximum absolute atomic E-state index is 11.7. The van der Waals surface area contributed by atoms with Gasteiger partial charge in [0.2, 0.25) is 5.91 Å². The van der Waals surface area contributed by atoms with Gasteiger partial charge in [-0.1, -0.05) is 11.6 Å². The highest BCUT2D eigenvalue weighted by Gasteiger charge is 2.32. The lowest BCUT2D eigenvalue weighted by atomic mass is 10.4. The van der Waals surface area contributed by atoms with Crippen LogP contribution in [0.15, 0.2) is 23.4 Å². The van der Waals surface area contributed by atoms with E-state index < -0.39 is 15.9 Å². The number of hydrogen-bond donors (Lipinski definition) is 1. The van der Waals surface area contributed by atoms with Crippen LogP contribution in [0.5, 0.6) is 0 Å². The molecule has 7 heteroatoms. The number of sulfonamides is 1. The average Bonchev–Trinajstić information content (AvgIpc) is 3.00. The van der Waals surface area contributed by atoms with E-state index in [9.17, 15) is 13.2 Å². The van der Waals surface area contributed by atoms with Crippen molar-refractivity contribution in [3.63, 3.8) is 0 Å². The zero-order chi connectivity index (χ0) is 11.8. The molecule has 5 nitrogen and oxygen atoms in total. The zero-order valence-corrected chi connectivity index (χ0v) is 9.75. The lowest BCUT2D eigenvalue weighted by molar-refractivity contribution is -0.120. The molecule has 1 aliphatic carbocycles. The second-order valence-electron chi connectivity index (χ2n) is 3.58. The summed E-state index contributed by atoms with van der Waals surface area (Å²) < 4.78 is 25.4. The quantitative estimate of drug-likeness (QED) is 0.878. The number of nitrogens with zero attached hydrogens (tertiary/aromatic N) is 1. The highest BCUT2D eigenvalue weighted by atomic mass is 35.5. The molecular weight excluding hydrogens is 252 g/mol. The van der Waals surface area contributed by atoms with Gasteiger partial charge >= 0.3 is 0 Å². The number of halogens is 1. The predicted molar refractivity (Wildman–Crippen MR) is 57.3 cm³/mol. The van der Waals surface area contributed by atoms with E-state index in [2.05, 4.69) is 4.98 Å². The van der Waals surface area contributed by atoms with Crippen molar-refractivity contribution >= 4 is 27.5 Å². The van der Waals surface area contributed by atoms with Gasteiger partial charge in [0.15, 0.2) is 0 Å². The first-order valence-corrected chi connectivity index (χ1v) is 6.52. The van der Waals surface area contributed by atoms with Gasteiger partial charge in [0, 0.05) is 18.3 Å². The van der Waals surface area contributed by atoms with E-state index in [-0.39, 0.29) is 15.8 Å². The Morgan fingerprint density at radius 3 is 2.69 bits per heavy atom. The molecule has 1 heterocycles. The lowest BCUT2D eigenvalue weighted by Crippen LogP contribution is -2.31. The predicted octanol–water partition coefficient (Wildman–Crippen LogP) is 0.950. The molecule has 0 radical (unpaired) electrons. The van der Waals surface area contributed by atoms with E-state index in [1.807, 2.05) is 4.72 Å². The molecule has 0 unspecified atom stereocenters. The molecular formula is C9H9ClN2O3S. The topological polar surface area (TPSA) is 76.1 Å².